The molecule has 6 nitrogen and oxygen atoms in total. The molecule has 3 aliphatic rings. The highest BCUT2D eigenvalue weighted by Crippen LogP contribution is 2.40. The zero-order valence-electron chi connectivity index (χ0n) is 17.6. The molecule has 1 aromatic carbocycles. The van der Waals surface area contributed by atoms with Gasteiger partial charge in [-0.1, -0.05) is 24.3 Å². The molecule has 8 heteroatoms. The molecule has 0 N–H and O–H groups in total. The molecule has 164 valence electrons. The first kappa shape index (κ1) is 21.2. The Morgan fingerprint density at radius 3 is 2.38 bits per heavy atom. The van der Waals surface area contributed by atoms with E-state index in [0.717, 1.165) is 31.0 Å². The van der Waals surface area contributed by atoms with Gasteiger partial charge in [-0.05, 0) is 17.5 Å². The van der Waals surface area contributed by atoms with Crippen LogP contribution in [-0.2, 0) is 9.47 Å². The molecule has 5 rings (SSSR count). The second-order valence-electron chi connectivity index (χ2n) is 8.49. The molecule has 0 aliphatic carbocycles. The van der Waals surface area contributed by atoms with Crippen LogP contribution in [0.2, 0.25) is 0 Å². The van der Waals surface area contributed by atoms with Crippen molar-refractivity contribution in [3.63, 3.8) is 0 Å². The van der Waals surface area contributed by atoms with Gasteiger partial charge in [0, 0.05) is 29.8 Å². The van der Waals surface area contributed by atoms with Gasteiger partial charge < -0.3 is 14.4 Å². The molecule has 0 amide bonds. The van der Waals surface area contributed by atoms with Crippen LogP contribution >= 0.6 is 11.8 Å². The number of rotatable bonds is 6. The number of alkyl halides is 1. The topological polar surface area (TPSA) is 82.2 Å². The molecule has 3 fully saturated rings. The summed E-state index contributed by atoms with van der Waals surface area (Å²) < 4.78 is 24.4. The molecule has 4 heterocycles. The van der Waals surface area contributed by atoms with Gasteiger partial charge in [0.1, 0.15) is 34.7 Å². The number of hydrogen-bond acceptors (Lipinski definition) is 7. The summed E-state index contributed by atoms with van der Waals surface area (Å²) in [5.74, 6) is 2.07. The average Bonchev–Trinajstić information content (AvgIpc) is 3.30. The third-order valence-electron chi connectivity index (χ3n) is 6.27. The van der Waals surface area contributed by atoms with Crippen LogP contribution in [0.25, 0.3) is 11.1 Å². The van der Waals surface area contributed by atoms with Crippen molar-refractivity contribution in [3.8, 4) is 23.3 Å². The smallest absolute Gasteiger partial charge is 0.148 e. The van der Waals surface area contributed by atoms with Gasteiger partial charge in [0.05, 0.1) is 38.5 Å². The minimum absolute atomic E-state index is 0.216. The fourth-order valence-corrected chi connectivity index (χ4v) is 5.31. The van der Waals surface area contributed by atoms with Gasteiger partial charge in [-0.2, -0.15) is 10.5 Å². The number of aromatic nitrogens is 1. The van der Waals surface area contributed by atoms with Gasteiger partial charge in [0.15, 0.2) is 0 Å². The van der Waals surface area contributed by atoms with Gasteiger partial charge in [0.25, 0.3) is 0 Å². The third kappa shape index (κ3) is 3.95. The SMILES string of the molecule is N#Cc1c(SCC2COC2)nc(N2CC(F)C2)c(C#N)c1-c1ccc([C@@H]2CCOC2)cc1. The highest BCUT2D eigenvalue weighted by Gasteiger charge is 2.33. The molecule has 0 radical (unpaired) electrons. The largest absolute Gasteiger partial charge is 0.381 e. The van der Waals surface area contributed by atoms with Crippen molar-refractivity contribution in [2.24, 2.45) is 5.92 Å². The lowest BCUT2D eigenvalue weighted by molar-refractivity contribution is -0.0196. The monoisotopic (exact) mass is 450 g/mol. The van der Waals surface area contributed by atoms with Crippen LogP contribution in [0.4, 0.5) is 10.2 Å². The maximum Gasteiger partial charge on any atom is 0.148 e. The van der Waals surface area contributed by atoms with Crippen molar-refractivity contribution >= 4 is 17.6 Å². The Balaban J connectivity index is 1.57. The second kappa shape index (κ2) is 9.07. The summed E-state index contributed by atoms with van der Waals surface area (Å²) in [6.45, 7) is 3.36. The predicted octanol–water partition coefficient (Wildman–Crippen LogP) is 3.89. The van der Waals surface area contributed by atoms with Gasteiger partial charge >= 0.3 is 0 Å². The zero-order chi connectivity index (χ0) is 22.1. The maximum absolute atomic E-state index is 13.6. The fourth-order valence-electron chi connectivity index (χ4n) is 4.28. The number of ether oxygens (including phenoxy) is 2. The predicted molar refractivity (Wildman–Crippen MR) is 119 cm³/mol. The molecule has 32 heavy (non-hydrogen) atoms. The third-order valence-corrected chi connectivity index (χ3v) is 7.48. The summed E-state index contributed by atoms with van der Waals surface area (Å²) in [7, 11) is 0. The average molecular weight is 451 g/mol. The molecular formula is C24H23FN4O2S. The standard InChI is InChI=1S/C24H23FN4O2S/c25-19-9-29(10-19)23-20(7-26)22(17-3-1-16(2-4-17)18-5-6-30-13-18)21(8-27)24(28-23)32-14-15-11-31-12-15/h1-4,15,18-19H,5-6,9-14H2/t18-/m1/s1. The molecule has 1 aromatic heterocycles. The van der Waals surface area contributed by atoms with E-state index in [1.807, 2.05) is 12.1 Å². The molecule has 2 aromatic rings. The van der Waals surface area contributed by atoms with Crippen molar-refractivity contribution in [1.29, 1.82) is 10.5 Å². The van der Waals surface area contributed by atoms with Crippen LogP contribution in [0.15, 0.2) is 29.3 Å². The lowest BCUT2D eigenvalue weighted by atomic mass is 9.92. The fraction of sp³-hybridized carbons (Fsp3) is 0.458. The van der Waals surface area contributed by atoms with E-state index in [0.29, 0.717) is 52.6 Å². The Hall–Kier alpha value is -2.65. The van der Waals surface area contributed by atoms with E-state index in [9.17, 15) is 14.9 Å². The van der Waals surface area contributed by atoms with Crippen LogP contribution in [0, 0.1) is 28.6 Å². The van der Waals surface area contributed by atoms with Crippen molar-refractivity contribution in [2.75, 3.05) is 50.2 Å². The minimum atomic E-state index is -0.918. The zero-order valence-corrected chi connectivity index (χ0v) is 18.4. The number of halogens is 1. The maximum atomic E-state index is 13.6. The van der Waals surface area contributed by atoms with E-state index >= 15 is 0 Å². The Kier molecular flexibility index (Phi) is 6.01. The number of thioether (sulfide) groups is 1. The quantitative estimate of drug-likeness (QED) is 0.618. The van der Waals surface area contributed by atoms with Gasteiger partial charge in [0.2, 0.25) is 0 Å². The van der Waals surface area contributed by atoms with Crippen LogP contribution in [0.3, 0.4) is 0 Å². The molecule has 3 aliphatic heterocycles. The van der Waals surface area contributed by atoms with Crippen LogP contribution in [0.1, 0.15) is 29.0 Å². The molecule has 3 saturated heterocycles. The van der Waals surface area contributed by atoms with E-state index in [1.165, 1.54) is 17.3 Å². The number of benzene rings is 1. The first-order chi connectivity index (χ1) is 15.7. The highest BCUT2D eigenvalue weighted by atomic mass is 32.2. The summed E-state index contributed by atoms with van der Waals surface area (Å²) in [6, 6.07) is 12.6. The van der Waals surface area contributed by atoms with E-state index in [-0.39, 0.29) is 13.1 Å². The molecule has 1 atom stereocenters. The van der Waals surface area contributed by atoms with Gasteiger partial charge in [-0.3, -0.25) is 0 Å². The number of nitrogens with zero attached hydrogens (tertiary/aromatic N) is 4. The van der Waals surface area contributed by atoms with E-state index in [4.69, 9.17) is 9.47 Å². The molecule has 0 spiro atoms. The Bertz CT molecular complexity index is 1080. The van der Waals surface area contributed by atoms with Crippen LogP contribution in [0.5, 0.6) is 0 Å². The summed E-state index contributed by atoms with van der Waals surface area (Å²) in [6.07, 6.45) is 0.0787. The van der Waals surface area contributed by atoms with Crippen LogP contribution in [-0.4, -0.2) is 56.4 Å². The van der Waals surface area contributed by atoms with Crippen LogP contribution < -0.4 is 4.90 Å². The van der Waals surface area contributed by atoms with Crippen molar-refractivity contribution in [2.45, 2.75) is 23.5 Å². The summed E-state index contributed by atoms with van der Waals surface area (Å²) in [4.78, 5) is 6.47. The first-order valence-electron chi connectivity index (χ1n) is 10.8. The Morgan fingerprint density at radius 2 is 1.81 bits per heavy atom. The number of anilines is 1. The van der Waals surface area contributed by atoms with Gasteiger partial charge in [-0.15, -0.1) is 11.8 Å². The second-order valence-corrected chi connectivity index (χ2v) is 9.50. The minimum Gasteiger partial charge on any atom is -0.381 e. The lowest BCUT2D eigenvalue weighted by Crippen LogP contribution is -2.49. The van der Waals surface area contributed by atoms with Crippen molar-refractivity contribution in [3.05, 3.63) is 41.0 Å². The van der Waals surface area contributed by atoms with E-state index in [2.05, 4.69) is 29.3 Å². The van der Waals surface area contributed by atoms with Crippen molar-refractivity contribution in [1.82, 2.24) is 4.98 Å². The Morgan fingerprint density at radius 1 is 1.06 bits per heavy atom. The summed E-state index contributed by atoms with van der Waals surface area (Å²) in [5, 5.41) is 20.7. The van der Waals surface area contributed by atoms with Gasteiger partial charge in [-0.25, -0.2) is 9.37 Å². The van der Waals surface area contributed by atoms with Crippen molar-refractivity contribution < 1.29 is 13.9 Å². The summed E-state index contributed by atoms with van der Waals surface area (Å²) in [5.41, 5.74) is 3.33. The van der Waals surface area contributed by atoms with E-state index < -0.39 is 6.17 Å². The normalized spacial score (nSPS) is 21.0. The molecule has 0 bridgehead atoms. The number of hydrogen-bond donors (Lipinski definition) is 0. The Labute approximate surface area is 190 Å². The highest BCUT2D eigenvalue weighted by molar-refractivity contribution is 7.99. The number of nitriles is 2. The van der Waals surface area contributed by atoms with E-state index in [1.54, 1.807) is 4.90 Å². The summed E-state index contributed by atoms with van der Waals surface area (Å²) >= 11 is 1.51. The lowest BCUT2D eigenvalue weighted by Gasteiger charge is -2.36. The first-order valence-corrected chi connectivity index (χ1v) is 11.8. The molecule has 0 unspecified atom stereocenters. The molecule has 0 saturated carbocycles. The number of pyridine rings is 1. The molecular weight excluding hydrogens is 427 g/mol.